The number of ketones is 1. The van der Waals surface area contributed by atoms with Crippen LogP contribution in [-0.2, 0) is 4.79 Å². The minimum atomic E-state index is -1.10. The Labute approximate surface area is 109 Å². The zero-order valence-electron chi connectivity index (χ0n) is 11.8. The van der Waals surface area contributed by atoms with Gasteiger partial charge in [0.15, 0.2) is 5.78 Å². The van der Waals surface area contributed by atoms with E-state index < -0.39 is 11.2 Å². The molecule has 3 heteroatoms. The van der Waals surface area contributed by atoms with Crippen LogP contribution in [-0.4, -0.2) is 27.2 Å². The van der Waals surface area contributed by atoms with E-state index >= 15 is 0 Å². The Balaban J connectivity index is 2.34. The van der Waals surface area contributed by atoms with Crippen LogP contribution < -0.4 is 0 Å². The summed E-state index contributed by atoms with van der Waals surface area (Å²) in [5.74, 6) is 0.389. The number of hydrogen-bond donors (Lipinski definition) is 2. The van der Waals surface area contributed by atoms with Crippen molar-refractivity contribution in [2.24, 2.45) is 11.3 Å². The van der Waals surface area contributed by atoms with Gasteiger partial charge in [-0.15, -0.1) is 0 Å². The number of hydrogen-bond acceptors (Lipinski definition) is 3. The molecule has 0 aromatic carbocycles. The van der Waals surface area contributed by atoms with Gasteiger partial charge in [-0.05, 0) is 57.4 Å². The largest absolute Gasteiger partial charge is 0.387 e. The molecule has 3 nitrogen and oxygen atoms in total. The first kappa shape index (κ1) is 13.8. The summed E-state index contributed by atoms with van der Waals surface area (Å²) in [7, 11) is 0. The molecule has 102 valence electrons. The molecule has 2 N–H and O–H groups in total. The summed E-state index contributed by atoms with van der Waals surface area (Å²) in [5.41, 5.74) is -1.15. The Kier molecular flexibility index (Phi) is 2.99. The third kappa shape index (κ3) is 2.04. The van der Waals surface area contributed by atoms with E-state index in [1.807, 2.05) is 6.92 Å². The molecule has 0 amide bonds. The predicted molar refractivity (Wildman–Crippen MR) is 70.1 cm³/mol. The maximum Gasteiger partial charge on any atom is 0.156 e. The van der Waals surface area contributed by atoms with E-state index in [4.69, 9.17) is 0 Å². The molecule has 0 radical (unpaired) electrons. The van der Waals surface area contributed by atoms with Gasteiger partial charge in [-0.3, -0.25) is 4.79 Å². The molecule has 1 saturated carbocycles. The van der Waals surface area contributed by atoms with Crippen LogP contribution in [0.3, 0.4) is 0 Å². The van der Waals surface area contributed by atoms with Crippen LogP contribution in [0.25, 0.3) is 0 Å². The SMILES string of the molecule is CC1=CC(=O)C[C@]2(C)CC[C@@](O)(C(C)(C)O)C[C@H]12. The summed E-state index contributed by atoms with van der Waals surface area (Å²) >= 11 is 0. The van der Waals surface area contributed by atoms with Gasteiger partial charge in [-0.2, -0.15) is 0 Å². The molecule has 0 bridgehead atoms. The average Bonchev–Trinajstić information content (AvgIpc) is 2.18. The predicted octanol–water partition coefficient (Wildman–Crippen LogP) is 2.21. The highest BCUT2D eigenvalue weighted by Crippen LogP contribution is 2.54. The van der Waals surface area contributed by atoms with E-state index in [1.54, 1.807) is 19.9 Å². The van der Waals surface area contributed by atoms with E-state index in [-0.39, 0.29) is 17.1 Å². The van der Waals surface area contributed by atoms with Crippen LogP contribution in [0, 0.1) is 11.3 Å². The zero-order chi connectivity index (χ0) is 13.8. The van der Waals surface area contributed by atoms with Crippen molar-refractivity contribution in [1.29, 1.82) is 0 Å². The van der Waals surface area contributed by atoms with E-state index in [9.17, 15) is 15.0 Å². The number of rotatable bonds is 1. The molecule has 1 fully saturated rings. The van der Waals surface area contributed by atoms with Gasteiger partial charge in [0, 0.05) is 6.42 Å². The molecular formula is C15H24O3. The summed E-state index contributed by atoms with van der Waals surface area (Å²) < 4.78 is 0. The van der Waals surface area contributed by atoms with Crippen LogP contribution in [0.4, 0.5) is 0 Å². The number of carbonyl (C=O) groups is 1. The average molecular weight is 252 g/mol. The fourth-order valence-corrected chi connectivity index (χ4v) is 3.63. The topological polar surface area (TPSA) is 57.5 Å². The van der Waals surface area contributed by atoms with Crippen LogP contribution >= 0.6 is 0 Å². The molecule has 18 heavy (non-hydrogen) atoms. The second-order valence-electron chi connectivity index (χ2n) is 7.03. The van der Waals surface area contributed by atoms with E-state index in [1.165, 1.54) is 0 Å². The van der Waals surface area contributed by atoms with Crippen LogP contribution in [0.1, 0.15) is 53.4 Å². The van der Waals surface area contributed by atoms with Crippen molar-refractivity contribution in [3.05, 3.63) is 11.6 Å². The lowest BCUT2D eigenvalue weighted by molar-refractivity contribution is -0.174. The highest BCUT2D eigenvalue weighted by Gasteiger charge is 2.53. The Hall–Kier alpha value is -0.670. The van der Waals surface area contributed by atoms with Gasteiger partial charge < -0.3 is 10.2 Å². The van der Waals surface area contributed by atoms with Crippen molar-refractivity contribution in [1.82, 2.24) is 0 Å². The number of fused-ring (bicyclic) bond motifs is 1. The van der Waals surface area contributed by atoms with E-state index in [2.05, 4.69) is 6.92 Å². The molecular weight excluding hydrogens is 228 g/mol. The molecule has 0 saturated heterocycles. The van der Waals surface area contributed by atoms with Crippen molar-refractivity contribution in [2.75, 3.05) is 0 Å². The van der Waals surface area contributed by atoms with Crippen molar-refractivity contribution < 1.29 is 15.0 Å². The van der Waals surface area contributed by atoms with Gasteiger partial charge >= 0.3 is 0 Å². The second kappa shape index (κ2) is 3.91. The van der Waals surface area contributed by atoms with E-state index in [0.29, 0.717) is 19.3 Å². The van der Waals surface area contributed by atoms with Crippen LogP contribution in [0.15, 0.2) is 11.6 Å². The lowest BCUT2D eigenvalue weighted by Gasteiger charge is -2.53. The highest BCUT2D eigenvalue weighted by molar-refractivity contribution is 5.92. The van der Waals surface area contributed by atoms with Crippen molar-refractivity contribution in [2.45, 2.75) is 64.6 Å². The Bertz CT molecular complexity index is 404. The summed E-state index contributed by atoms with van der Waals surface area (Å²) in [6, 6.07) is 0. The normalized spacial score (nSPS) is 41.3. The zero-order valence-corrected chi connectivity index (χ0v) is 11.8. The summed E-state index contributed by atoms with van der Waals surface area (Å²) in [4.78, 5) is 11.7. The van der Waals surface area contributed by atoms with Crippen molar-refractivity contribution in [3.8, 4) is 0 Å². The molecule has 0 aliphatic heterocycles. The molecule has 2 aliphatic carbocycles. The third-order valence-electron chi connectivity index (χ3n) is 5.15. The van der Waals surface area contributed by atoms with Gasteiger partial charge in [0.25, 0.3) is 0 Å². The highest BCUT2D eigenvalue weighted by atomic mass is 16.4. The summed E-state index contributed by atoms with van der Waals surface area (Å²) in [6.45, 7) is 7.44. The van der Waals surface area contributed by atoms with E-state index in [0.717, 1.165) is 12.0 Å². The third-order valence-corrected chi connectivity index (χ3v) is 5.15. The lowest BCUT2D eigenvalue weighted by Crippen LogP contribution is -2.57. The van der Waals surface area contributed by atoms with Crippen molar-refractivity contribution in [3.63, 3.8) is 0 Å². The quantitative estimate of drug-likeness (QED) is 0.752. The monoisotopic (exact) mass is 252 g/mol. The van der Waals surface area contributed by atoms with Crippen LogP contribution in [0.5, 0.6) is 0 Å². The Morgan fingerprint density at radius 1 is 1.39 bits per heavy atom. The van der Waals surface area contributed by atoms with Gasteiger partial charge in [-0.1, -0.05) is 12.5 Å². The van der Waals surface area contributed by atoms with Gasteiger partial charge in [0.1, 0.15) is 0 Å². The minimum Gasteiger partial charge on any atom is -0.387 e. The molecule has 0 heterocycles. The van der Waals surface area contributed by atoms with Crippen LogP contribution in [0.2, 0.25) is 0 Å². The van der Waals surface area contributed by atoms with Gasteiger partial charge in [0.05, 0.1) is 11.2 Å². The summed E-state index contributed by atoms with van der Waals surface area (Å²) in [6.07, 6.45) is 4.17. The lowest BCUT2D eigenvalue weighted by atomic mass is 9.54. The maximum atomic E-state index is 11.7. The Morgan fingerprint density at radius 2 is 2.00 bits per heavy atom. The second-order valence-corrected chi connectivity index (χ2v) is 7.03. The first-order valence-electron chi connectivity index (χ1n) is 6.73. The van der Waals surface area contributed by atoms with Crippen molar-refractivity contribution >= 4 is 5.78 Å². The van der Waals surface area contributed by atoms with Gasteiger partial charge in [-0.25, -0.2) is 0 Å². The smallest absolute Gasteiger partial charge is 0.156 e. The summed E-state index contributed by atoms with van der Waals surface area (Å²) in [5, 5.41) is 20.9. The minimum absolute atomic E-state index is 0.0482. The maximum absolute atomic E-state index is 11.7. The number of aliphatic hydroxyl groups is 2. The molecule has 2 aliphatic rings. The molecule has 0 aromatic rings. The molecule has 3 atom stereocenters. The standard InChI is InChI=1S/C15H24O3/c1-10-7-11(16)8-14(4)5-6-15(18,9-12(10)14)13(2,3)17/h7,12,17-18H,5-6,8-9H2,1-4H3/t12-,14+,15+/m1/s1. The number of allylic oxidation sites excluding steroid dienone is 2. The number of carbonyl (C=O) groups excluding carboxylic acids is 1. The van der Waals surface area contributed by atoms with Gasteiger partial charge in [0.2, 0.25) is 0 Å². The molecule has 0 unspecified atom stereocenters. The fourth-order valence-electron chi connectivity index (χ4n) is 3.63. The molecule has 0 spiro atoms. The fraction of sp³-hybridized carbons (Fsp3) is 0.800. The molecule has 0 aromatic heterocycles. The first-order chi connectivity index (χ1) is 8.07. The Morgan fingerprint density at radius 3 is 2.56 bits per heavy atom. The molecule has 2 rings (SSSR count). The first-order valence-corrected chi connectivity index (χ1v) is 6.73.